The summed E-state index contributed by atoms with van der Waals surface area (Å²) in [5, 5.41) is 3.35. The molecular weight excluding hydrogens is 188 g/mol. The molecular formula is C11H16N4. The standard InChI is InChI=1S/C11H16N4/c1-8(5-12)13-6-9-2-3-10-11(4-9)15-7-14-10/h2-4,7-8,13H,5-6,12H2,1H3,(H,14,15)/t8-/m1/s1. The molecule has 0 aliphatic rings. The van der Waals surface area contributed by atoms with E-state index in [1.54, 1.807) is 6.33 Å². The normalized spacial score (nSPS) is 13.2. The topological polar surface area (TPSA) is 66.7 Å². The van der Waals surface area contributed by atoms with Crippen molar-refractivity contribution >= 4 is 11.0 Å². The Morgan fingerprint density at radius 2 is 2.40 bits per heavy atom. The van der Waals surface area contributed by atoms with Gasteiger partial charge in [-0.2, -0.15) is 0 Å². The third-order valence-electron chi connectivity index (χ3n) is 2.49. The number of nitrogens with two attached hydrogens (primary N) is 1. The van der Waals surface area contributed by atoms with Gasteiger partial charge in [0.25, 0.3) is 0 Å². The molecule has 15 heavy (non-hydrogen) atoms. The van der Waals surface area contributed by atoms with Gasteiger partial charge in [0.2, 0.25) is 0 Å². The van der Waals surface area contributed by atoms with Crippen molar-refractivity contribution in [2.75, 3.05) is 6.54 Å². The van der Waals surface area contributed by atoms with E-state index in [0.29, 0.717) is 12.6 Å². The van der Waals surface area contributed by atoms with Gasteiger partial charge >= 0.3 is 0 Å². The number of aromatic nitrogens is 2. The Morgan fingerprint density at radius 1 is 1.53 bits per heavy atom. The zero-order chi connectivity index (χ0) is 10.7. The Labute approximate surface area is 88.9 Å². The molecule has 0 spiro atoms. The van der Waals surface area contributed by atoms with Crippen molar-refractivity contribution in [3.8, 4) is 0 Å². The number of rotatable bonds is 4. The summed E-state index contributed by atoms with van der Waals surface area (Å²) in [7, 11) is 0. The van der Waals surface area contributed by atoms with Gasteiger partial charge in [0.05, 0.1) is 17.4 Å². The fraction of sp³-hybridized carbons (Fsp3) is 0.364. The van der Waals surface area contributed by atoms with Crippen LogP contribution in [0.2, 0.25) is 0 Å². The fourth-order valence-corrected chi connectivity index (χ4v) is 1.47. The van der Waals surface area contributed by atoms with Crippen molar-refractivity contribution in [2.24, 2.45) is 5.73 Å². The summed E-state index contributed by atoms with van der Waals surface area (Å²) in [5.74, 6) is 0. The van der Waals surface area contributed by atoms with Gasteiger partial charge < -0.3 is 16.0 Å². The Morgan fingerprint density at radius 3 is 3.20 bits per heavy atom. The lowest BCUT2D eigenvalue weighted by Gasteiger charge is -2.10. The molecule has 80 valence electrons. The van der Waals surface area contributed by atoms with Crippen LogP contribution in [0.5, 0.6) is 0 Å². The van der Waals surface area contributed by atoms with Crippen LogP contribution in [0.1, 0.15) is 12.5 Å². The predicted octanol–water partition coefficient (Wildman–Crippen LogP) is 1.000. The summed E-state index contributed by atoms with van der Waals surface area (Å²) in [5.41, 5.74) is 8.86. The van der Waals surface area contributed by atoms with Gasteiger partial charge in [-0.25, -0.2) is 4.98 Å². The first-order chi connectivity index (χ1) is 7.29. The monoisotopic (exact) mass is 204 g/mol. The van der Waals surface area contributed by atoms with Crippen LogP contribution in [0.25, 0.3) is 11.0 Å². The van der Waals surface area contributed by atoms with E-state index < -0.39 is 0 Å². The van der Waals surface area contributed by atoms with Crippen LogP contribution in [0, 0.1) is 0 Å². The van der Waals surface area contributed by atoms with E-state index in [1.165, 1.54) is 5.56 Å². The molecule has 4 N–H and O–H groups in total. The van der Waals surface area contributed by atoms with Crippen LogP contribution in [-0.4, -0.2) is 22.6 Å². The Kier molecular flexibility index (Phi) is 2.99. The predicted molar refractivity (Wildman–Crippen MR) is 61.4 cm³/mol. The van der Waals surface area contributed by atoms with Crippen LogP contribution in [0.3, 0.4) is 0 Å². The molecule has 1 aromatic heterocycles. The number of hydrogen-bond donors (Lipinski definition) is 3. The van der Waals surface area contributed by atoms with E-state index in [1.807, 2.05) is 6.07 Å². The van der Waals surface area contributed by atoms with Crippen molar-refractivity contribution in [3.63, 3.8) is 0 Å². The quantitative estimate of drug-likeness (QED) is 0.696. The summed E-state index contributed by atoms with van der Waals surface area (Å²) < 4.78 is 0. The van der Waals surface area contributed by atoms with E-state index >= 15 is 0 Å². The van der Waals surface area contributed by atoms with E-state index in [4.69, 9.17) is 5.73 Å². The zero-order valence-corrected chi connectivity index (χ0v) is 8.83. The SMILES string of the molecule is C[C@H](CN)NCc1ccc2nc[nH]c2c1. The molecule has 1 atom stereocenters. The fourth-order valence-electron chi connectivity index (χ4n) is 1.47. The highest BCUT2D eigenvalue weighted by atomic mass is 14.9. The third kappa shape index (κ3) is 2.34. The maximum absolute atomic E-state index is 5.53. The highest BCUT2D eigenvalue weighted by molar-refractivity contribution is 5.74. The highest BCUT2D eigenvalue weighted by Gasteiger charge is 2.00. The van der Waals surface area contributed by atoms with E-state index in [0.717, 1.165) is 17.6 Å². The van der Waals surface area contributed by atoms with Gasteiger partial charge in [-0.3, -0.25) is 0 Å². The lowest BCUT2D eigenvalue weighted by Crippen LogP contribution is -2.32. The molecule has 0 saturated heterocycles. The molecule has 0 saturated carbocycles. The molecule has 4 nitrogen and oxygen atoms in total. The number of hydrogen-bond acceptors (Lipinski definition) is 3. The minimum Gasteiger partial charge on any atom is -0.345 e. The van der Waals surface area contributed by atoms with Crippen LogP contribution in [0.4, 0.5) is 0 Å². The highest BCUT2D eigenvalue weighted by Crippen LogP contribution is 2.11. The maximum atomic E-state index is 5.53. The molecule has 0 aliphatic carbocycles. The first-order valence-electron chi connectivity index (χ1n) is 5.15. The molecule has 0 aliphatic heterocycles. The average molecular weight is 204 g/mol. The molecule has 4 heteroatoms. The molecule has 0 amide bonds. The summed E-state index contributed by atoms with van der Waals surface area (Å²) in [4.78, 5) is 7.27. The van der Waals surface area contributed by atoms with Gasteiger partial charge in [0.15, 0.2) is 0 Å². The summed E-state index contributed by atoms with van der Waals surface area (Å²) in [6.45, 7) is 3.58. The molecule has 0 fully saturated rings. The third-order valence-corrected chi connectivity index (χ3v) is 2.49. The number of H-pyrrole nitrogens is 1. The molecule has 1 heterocycles. The number of nitrogens with one attached hydrogen (secondary N) is 2. The second-order valence-electron chi connectivity index (χ2n) is 3.77. The first kappa shape index (κ1) is 10.1. The molecule has 1 aromatic carbocycles. The number of imidazole rings is 1. The molecule has 2 rings (SSSR count). The summed E-state index contributed by atoms with van der Waals surface area (Å²) >= 11 is 0. The van der Waals surface area contributed by atoms with Gasteiger partial charge in [-0.05, 0) is 24.6 Å². The lowest BCUT2D eigenvalue weighted by molar-refractivity contribution is 0.556. The van der Waals surface area contributed by atoms with Crippen molar-refractivity contribution in [1.29, 1.82) is 0 Å². The number of nitrogens with zero attached hydrogens (tertiary/aromatic N) is 1. The second kappa shape index (κ2) is 4.42. The number of aromatic amines is 1. The minimum atomic E-state index is 0.350. The van der Waals surface area contributed by atoms with Crippen molar-refractivity contribution < 1.29 is 0 Å². The molecule has 0 bridgehead atoms. The maximum Gasteiger partial charge on any atom is 0.0931 e. The van der Waals surface area contributed by atoms with Crippen molar-refractivity contribution in [2.45, 2.75) is 19.5 Å². The van der Waals surface area contributed by atoms with Gasteiger partial charge in [0, 0.05) is 19.1 Å². The van der Waals surface area contributed by atoms with Crippen LogP contribution in [0.15, 0.2) is 24.5 Å². The summed E-state index contributed by atoms with van der Waals surface area (Å²) in [6.07, 6.45) is 1.71. The molecule has 0 unspecified atom stereocenters. The Balaban J connectivity index is 2.08. The van der Waals surface area contributed by atoms with Gasteiger partial charge in [0.1, 0.15) is 0 Å². The van der Waals surface area contributed by atoms with E-state index in [2.05, 4.69) is 34.3 Å². The van der Waals surface area contributed by atoms with E-state index in [-0.39, 0.29) is 0 Å². The van der Waals surface area contributed by atoms with Crippen LogP contribution in [-0.2, 0) is 6.54 Å². The van der Waals surface area contributed by atoms with Crippen molar-refractivity contribution in [3.05, 3.63) is 30.1 Å². The second-order valence-corrected chi connectivity index (χ2v) is 3.77. The van der Waals surface area contributed by atoms with Crippen LogP contribution < -0.4 is 11.1 Å². The Bertz CT molecular complexity index is 435. The van der Waals surface area contributed by atoms with E-state index in [9.17, 15) is 0 Å². The van der Waals surface area contributed by atoms with Gasteiger partial charge in [-0.15, -0.1) is 0 Å². The van der Waals surface area contributed by atoms with Gasteiger partial charge in [-0.1, -0.05) is 6.07 Å². The molecule has 2 aromatic rings. The summed E-state index contributed by atoms with van der Waals surface area (Å²) in [6, 6.07) is 6.57. The zero-order valence-electron chi connectivity index (χ0n) is 8.83. The van der Waals surface area contributed by atoms with Crippen molar-refractivity contribution in [1.82, 2.24) is 15.3 Å². The lowest BCUT2D eigenvalue weighted by atomic mass is 10.2. The average Bonchev–Trinajstić information content (AvgIpc) is 2.72. The molecule has 0 radical (unpaired) electrons. The van der Waals surface area contributed by atoms with Crippen LogP contribution >= 0.6 is 0 Å². The minimum absolute atomic E-state index is 0.350. The number of fused-ring (bicyclic) bond motifs is 1. The largest absolute Gasteiger partial charge is 0.345 e. The number of benzene rings is 1. The smallest absolute Gasteiger partial charge is 0.0931 e. The first-order valence-corrected chi connectivity index (χ1v) is 5.15. The Hall–Kier alpha value is -1.39.